The number of nitrogens with one attached hydrogen (secondary N) is 1. The van der Waals surface area contributed by atoms with Crippen LogP contribution in [0.2, 0.25) is 0 Å². The van der Waals surface area contributed by atoms with Gasteiger partial charge in [0.15, 0.2) is 9.84 Å². The summed E-state index contributed by atoms with van der Waals surface area (Å²) in [5, 5.41) is 3.41. The maximum absolute atomic E-state index is 12.2. The molecule has 1 N–H and O–H groups in total. The lowest BCUT2D eigenvalue weighted by molar-refractivity contribution is 0.576. The maximum Gasteiger partial charge on any atom is 0.180 e. The predicted molar refractivity (Wildman–Crippen MR) is 76.3 cm³/mol. The molecule has 2 heterocycles. The molecule has 0 aromatic heterocycles. The highest BCUT2D eigenvalue weighted by Gasteiger charge is 2.38. The molecule has 2 saturated heterocycles. The van der Waals surface area contributed by atoms with Gasteiger partial charge in [0.1, 0.15) is 0 Å². The average Bonchev–Trinajstić information content (AvgIpc) is 3.01. The molecule has 0 amide bonds. The number of para-hydroxylation sites is 1. The number of anilines is 1. The Labute approximate surface area is 114 Å². The Hall–Kier alpha value is -1.07. The monoisotopic (exact) mass is 280 g/mol. The largest absolute Gasteiger partial charge is 0.366 e. The normalized spacial score (nSPS) is 26.7. The maximum atomic E-state index is 12.2. The summed E-state index contributed by atoms with van der Waals surface area (Å²) < 4.78 is 24.5. The fraction of sp³-hybridized carbons (Fsp3) is 0.571. The first kappa shape index (κ1) is 12.9. The zero-order chi connectivity index (χ0) is 13.5. The van der Waals surface area contributed by atoms with Gasteiger partial charge in [0.05, 0.1) is 16.3 Å². The number of hydrogen-bond acceptors (Lipinski definition) is 4. The first-order chi connectivity index (χ1) is 9.13. The van der Waals surface area contributed by atoms with Gasteiger partial charge in [-0.05, 0) is 24.5 Å². The molecular formula is C14H20N2O2S. The molecule has 0 saturated carbocycles. The standard InChI is InChI=1S/C14H20N2O2S/c1-2-19(17,18)14-6-4-3-5-12(14)16-8-7-11-9-15-10-13(11)16/h3-6,11,13,15H,2,7-10H2,1H3/t11-,13+/m0/s1. The highest BCUT2D eigenvalue weighted by molar-refractivity contribution is 7.91. The Kier molecular flexibility index (Phi) is 3.27. The molecule has 1 aromatic carbocycles. The number of fused-ring (bicyclic) bond motifs is 1. The van der Waals surface area contributed by atoms with Crippen molar-refractivity contribution >= 4 is 15.5 Å². The minimum absolute atomic E-state index is 0.157. The number of nitrogens with zero attached hydrogens (tertiary/aromatic N) is 1. The summed E-state index contributed by atoms with van der Waals surface area (Å²) in [6.45, 7) is 4.69. The Morgan fingerprint density at radius 1 is 1.32 bits per heavy atom. The van der Waals surface area contributed by atoms with Crippen LogP contribution in [0.1, 0.15) is 13.3 Å². The fourth-order valence-electron chi connectivity index (χ4n) is 3.26. The molecular weight excluding hydrogens is 260 g/mol. The average molecular weight is 280 g/mol. The van der Waals surface area contributed by atoms with Crippen LogP contribution in [0.3, 0.4) is 0 Å². The Morgan fingerprint density at radius 2 is 2.11 bits per heavy atom. The lowest BCUT2D eigenvalue weighted by Gasteiger charge is -2.27. The zero-order valence-corrected chi connectivity index (χ0v) is 12.0. The van der Waals surface area contributed by atoms with Crippen molar-refractivity contribution in [2.45, 2.75) is 24.3 Å². The van der Waals surface area contributed by atoms with Crippen LogP contribution >= 0.6 is 0 Å². The Bertz CT molecular complexity index is 571. The van der Waals surface area contributed by atoms with Gasteiger partial charge in [-0.2, -0.15) is 0 Å². The number of rotatable bonds is 3. The summed E-state index contributed by atoms with van der Waals surface area (Å²) in [4.78, 5) is 2.78. The van der Waals surface area contributed by atoms with Crippen molar-refractivity contribution in [3.63, 3.8) is 0 Å². The third-order valence-corrected chi connectivity index (χ3v) is 6.11. The highest BCUT2D eigenvalue weighted by atomic mass is 32.2. The van der Waals surface area contributed by atoms with E-state index in [-0.39, 0.29) is 5.75 Å². The lowest BCUT2D eigenvalue weighted by Crippen LogP contribution is -2.35. The third kappa shape index (κ3) is 2.15. The van der Waals surface area contributed by atoms with Crippen molar-refractivity contribution in [3.05, 3.63) is 24.3 Å². The molecule has 2 atom stereocenters. The lowest BCUT2D eigenvalue weighted by atomic mass is 10.1. The van der Waals surface area contributed by atoms with Crippen molar-refractivity contribution in [2.24, 2.45) is 5.92 Å². The zero-order valence-electron chi connectivity index (χ0n) is 11.2. The SMILES string of the molecule is CCS(=O)(=O)c1ccccc1N1CC[C@H]2CNC[C@H]21. The number of benzene rings is 1. The third-order valence-electron chi connectivity index (χ3n) is 4.34. The first-order valence-corrected chi connectivity index (χ1v) is 8.58. The fourth-order valence-corrected chi connectivity index (χ4v) is 4.36. The summed E-state index contributed by atoms with van der Waals surface area (Å²) in [6, 6.07) is 7.88. The van der Waals surface area contributed by atoms with E-state index in [0.717, 1.165) is 31.7 Å². The van der Waals surface area contributed by atoms with E-state index in [1.807, 2.05) is 18.2 Å². The van der Waals surface area contributed by atoms with E-state index >= 15 is 0 Å². The molecule has 2 aliphatic heterocycles. The molecule has 4 nitrogen and oxygen atoms in total. The van der Waals surface area contributed by atoms with Crippen molar-refractivity contribution in [1.82, 2.24) is 5.32 Å². The first-order valence-electron chi connectivity index (χ1n) is 6.92. The van der Waals surface area contributed by atoms with Crippen LogP contribution < -0.4 is 10.2 Å². The van der Waals surface area contributed by atoms with Crippen LogP contribution in [0.4, 0.5) is 5.69 Å². The van der Waals surface area contributed by atoms with Crippen LogP contribution in [0, 0.1) is 5.92 Å². The summed E-state index contributed by atoms with van der Waals surface area (Å²) >= 11 is 0. The highest BCUT2D eigenvalue weighted by Crippen LogP contribution is 2.35. The minimum Gasteiger partial charge on any atom is -0.366 e. The summed E-state index contributed by atoms with van der Waals surface area (Å²) in [5.41, 5.74) is 0.889. The molecule has 1 aromatic rings. The summed E-state index contributed by atoms with van der Waals surface area (Å²) in [7, 11) is -3.16. The van der Waals surface area contributed by atoms with Crippen LogP contribution in [-0.4, -0.2) is 39.8 Å². The van der Waals surface area contributed by atoms with E-state index < -0.39 is 9.84 Å². The van der Waals surface area contributed by atoms with Gasteiger partial charge in [-0.3, -0.25) is 0 Å². The molecule has 0 spiro atoms. The second-order valence-electron chi connectivity index (χ2n) is 5.34. The van der Waals surface area contributed by atoms with Gasteiger partial charge in [-0.1, -0.05) is 19.1 Å². The van der Waals surface area contributed by atoms with E-state index in [9.17, 15) is 8.42 Å². The molecule has 0 aliphatic carbocycles. The van der Waals surface area contributed by atoms with E-state index in [4.69, 9.17) is 0 Å². The topological polar surface area (TPSA) is 49.4 Å². The second kappa shape index (κ2) is 4.80. The predicted octanol–water partition coefficient (Wildman–Crippen LogP) is 1.28. The van der Waals surface area contributed by atoms with E-state index in [1.54, 1.807) is 13.0 Å². The molecule has 0 radical (unpaired) electrons. The smallest absolute Gasteiger partial charge is 0.180 e. The van der Waals surface area contributed by atoms with Crippen molar-refractivity contribution in [3.8, 4) is 0 Å². The quantitative estimate of drug-likeness (QED) is 0.906. The van der Waals surface area contributed by atoms with Gasteiger partial charge in [0.25, 0.3) is 0 Å². The van der Waals surface area contributed by atoms with E-state index in [1.165, 1.54) is 0 Å². The van der Waals surface area contributed by atoms with Crippen molar-refractivity contribution in [2.75, 3.05) is 30.3 Å². The molecule has 0 unspecified atom stereocenters. The summed E-state index contributed by atoms with van der Waals surface area (Å²) in [5.74, 6) is 0.821. The molecule has 2 fully saturated rings. The Balaban J connectivity index is 2.02. The van der Waals surface area contributed by atoms with Gasteiger partial charge in [-0.15, -0.1) is 0 Å². The molecule has 2 aliphatic rings. The van der Waals surface area contributed by atoms with Gasteiger partial charge < -0.3 is 10.2 Å². The number of sulfone groups is 1. The van der Waals surface area contributed by atoms with Crippen LogP contribution in [0.5, 0.6) is 0 Å². The van der Waals surface area contributed by atoms with Crippen molar-refractivity contribution < 1.29 is 8.42 Å². The van der Waals surface area contributed by atoms with E-state index in [2.05, 4.69) is 10.2 Å². The van der Waals surface area contributed by atoms with E-state index in [0.29, 0.717) is 16.9 Å². The molecule has 3 rings (SSSR count). The molecule has 0 bridgehead atoms. The van der Waals surface area contributed by atoms with Crippen molar-refractivity contribution in [1.29, 1.82) is 0 Å². The number of hydrogen-bond donors (Lipinski definition) is 1. The van der Waals surface area contributed by atoms with Gasteiger partial charge in [0.2, 0.25) is 0 Å². The second-order valence-corrected chi connectivity index (χ2v) is 7.59. The van der Waals surface area contributed by atoms with Crippen LogP contribution in [0.25, 0.3) is 0 Å². The van der Waals surface area contributed by atoms with Crippen LogP contribution in [-0.2, 0) is 9.84 Å². The summed E-state index contributed by atoms with van der Waals surface area (Å²) in [6.07, 6.45) is 1.15. The molecule has 104 valence electrons. The van der Waals surface area contributed by atoms with Gasteiger partial charge >= 0.3 is 0 Å². The van der Waals surface area contributed by atoms with Crippen LogP contribution in [0.15, 0.2) is 29.2 Å². The molecule has 5 heteroatoms. The minimum atomic E-state index is -3.16. The molecule has 19 heavy (non-hydrogen) atoms. The van der Waals surface area contributed by atoms with Gasteiger partial charge in [-0.25, -0.2) is 8.42 Å². The Morgan fingerprint density at radius 3 is 2.89 bits per heavy atom. The van der Waals surface area contributed by atoms with Gasteiger partial charge in [0, 0.05) is 25.7 Å².